The molecule has 0 saturated heterocycles. The van der Waals surface area contributed by atoms with Gasteiger partial charge < -0.3 is 18.8 Å². The monoisotopic (exact) mass is 796 g/mol. The Hall–Kier alpha value is -4.70. The van der Waals surface area contributed by atoms with Crippen molar-refractivity contribution < 1.29 is 28.9 Å². The van der Waals surface area contributed by atoms with Crippen LogP contribution in [-0.2, 0) is 36.4 Å². The molecule has 5 heterocycles. The van der Waals surface area contributed by atoms with Crippen LogP contribution in [0.25, 0.3) is 55.7 Å². The smallest absolute Gasteiger partial charge is 0.219 e. The van der Waals surface area contributed by atoms with Crippen molar-refractivity contribution in [3.05, 3.63) is 108 Å². The zero-order chi connectivity index (χ0) is 32.4. The van der Waals surface area contributed by atoms with E-state index in [1.54, 1.807) is 6.20 Å². The number of furan rings is 1. The Labute approximate surface area is 287 Å². The van der Waals surface area contributed by atoms with Crippen LogP contribution in [0.1, 0.15) is 71.2 Å². The Balaban J connectivity index is 0.000000250. The minimum atomic E-state index is -0.324. The Morgan fingerprint density at radius 3 is 2.28 bits per heavy atom. The molecule has 1 radical (unpaired) electrons. The molecule has 5 aromatic heterocycles. The van der Waals surface area contributed by atoms with Gasteiger partial charge in [0.1, 0.15) is 11.6 Å². The number of nitrogens with zero attached hydrogens (tertiary/aromatic N) is 5. The SMILES string of the molecule is CC(C)(C)c1nc2c(o1)c(C#N)nc1oc3c[c-]c4c(c3c12)C(C)(C)C(C)(C)c1cccnc1-4.[Ir].[c-]1ccccc1-c1ccccn1. The summed E-state index contributed by atoms with van der Waals surface area (Å²) in [5.74, 6) is 0.561. The topological polar surface area (TPSA) is 102 Å². The van der Waals surface area contributed by atoms with Crippen LogP contribution < -0.4 is 0 Å². The van der Waals surface area contributed by atoms with Crippen molar-refractivity contribution >= 4 is 33.2 Å². The van der Waals surface area contributed by atoms with Gasteiger partial charge in [-0.2, -0.15) is 10.2 Å². The molecule has 1 aliphatic carbocycles. The average molecular weight is 796 g/mol. The number of pyridine rings is 3. The Morgan fingerprint density at radius 1 is 0.830 bits per heavy atom. The molecule has 7 aromatic rings. The number of rotatable bonds is 1. The first-order valence-electron chi connectivity index (χ1n) is 15.3. The fourth-order valence-electron chi connectivity index (χ4n) is 6.26. The van der Waals surface area contributed by atoms with Gasteiger partial charge in [-0.05, 0) is 39.7 Å². The van der Waals surface area contributed by atoms with E-state index < -0.39 is 0 Å². The van der Waals surface area contributed by atoms with Crippen LogP contribution in [-0.4, -0.2) is 19.9 Å². The van der Waals surface area contributed by atoms with Crippen LogP contribution in [0.5, 0.6) is 0 Å². The van der Waals surface area contributed by atoms with Crippen LogP contribution >= 0.6 is 0 Å². The van der Waals surface area contributed by atoms with E-state index in [2.05, 4.69) is 61.9 Å². The first-order valence-corrected chi connectivity index (χ1v) is 15.3. The van der Waals surface area contributed by atoms with Crippen LogP contribution in [0.15, 0.2) is 81.9 Å². The molecule has 0 N–H and O–H groups in total. The summed E-state index contributed by atoms with van der Waals surface area (Å²) in [5.41, 5.74) is 7.62. The van der Waals surface area contributed by atoms with Crippen molar-refractivity contribution in [2.45, 2.75) is 64.7 Å². The predicted molar refractivity (Wildman–Crippen MR) is 179 cm³/mol. The van der Waals surface area contributed by atoms with E-state index in [0.29, 0.717) is 28.3 Å². The molecule has 237 valence electrons. The fraction of sp³-hybridized carbons (Fsp3) is 0.256. The largest absolute Gasteiger partial charge is 0.486 e. The number of hydrogen-bond acceptors (Lipinski definition) is 7. The van der Waals surface area contributed by atoms with Gasteiger partial charge in [-0.15, -0.1) is 59.2 Å². The second-order valence-corrected chi connectivity index (χ2v) is 13.7. The maximum atomic E-state index is 9.78. The number of aromatic nitrogens is 4. The molecule has 0 atom stereocenters. The molecule has 0 unspecified atom stereocenters. The summed E-state index contributed by atoms with van der Waals surface area (Å²) >= 11 is 0. The van der Waals surface area contributed by atoms with Crippen molar-refractivity contribution in [3.63, 3.8) is 0 Å². The maximum Gasteiger partial charge on any atom is 0.219 e. The van der Waals surface area contributed by atoms with Crippen molar-refractivity contribution in [2.75, 3.05) is 0 Å². The van der Waals surface area contributed by atoms with E-state index in [0.717, 1.165) is 38.9 Å². The second-order valence-electron chi connectivity index (χ2n) is 13.7. The van der Waals surface area contributed by atoms with Crippen LogP contribution in [0.3, 0.4) is 0 Å². The quantitative estimate of drug-likeness (QED) is 0.153. The molecule has 8 rings (SSSR count). The zero-order valence-corrected chi connectivity index (χ0v) is 29.7. The minimum Gasteiger partial charge on any atom is -0.486 e. The first-order chi connectivity index (χ1) is 21.9. The van der Waals surface area contributed by atoms with Crippen molar-refractivity contribution in [1.82, 2.24) is 19.9 Å². The van der Waals surface area contributed by atoms with Gasteiger partial charge in [0, 0.05) is 37.9 Å². The Bertz CT molecular complexity index is 2270. The third kappa shape index (κ3) is 5.06. The summed E-state index contributed by atoms with van der Waals surface area (Å²) in [6.45, 7) is 15.1. The number of benzene rings is 2. The van der Waals surface area contributed by atoms with Gasteiger partial charge in [-0.25, -0.2) is 4.98 Å². The van der Waals surface area contributed by atoms with E-state index in [-0.39, 0.29) is 42.0 Å². The molecule has 0 aliphatic heterocycles. The van der Waals surface area contributed by atoms with Crippen LogP contribution in [0.2, 0.25) is 0 Å². The molecule has 2 aromatic carbocycles. The Kier molecular flexibility index (Phi) is 7.91. The molecule has 7 nitrogen and oxygen atoms in total. The van der Waals surface area contributed by atoms with Crippen molar-refractivity contribution in [3.8, 4) is 28.6 Å². The molecule has 47 heavy (non-hydrogen) atoms. The predicted octanol–water partition coefficient (Wildman–Crippen LogP) is 9.27. The van der Waals surface area contributed by atoms with E-state index in [9.17, 15) is 5.26 Å². The number of fused-ring (bicyclic) bond motifs is 9. The molecule has 0 fully saturated rings. The fourth-order valence-corrected chi connectivity index (χ4v) is 6.26. The van der Waals surface area contributed by atoms with Crippen LogP contribution in [0, 0.1) is 23.5 Å². The third-order valence-electron chi connectivity index (χ3n) is 9.36. The minimum absolute atomic E-state index is 0. The molecule has 1 aliphatic rings. The summed E-state index contributed by atoms with van der Waals surface area (Å²) in [5, 5.41) is 11.5. The molecule has 0 bridgehead atoms. The molecule has 0 spiro atoms. The molecule has 0 saturated carbocycles. The maximum absolute atomic E-state index is 9.78. The van der Waals surface area contributed by atoms with E-state index in [1.807, 2.05) is 81.6 Å². The van der Waals surface area contributed by atoms with E-state index in [4.69, 9.17) is 18.8 Å². The standard InChI is InChI=1S/C28H25N4O2.C11H8N.Ir/c1-26(2,3)25-32-22-19-18-17(33-24(19)31-16(13-29)23(22)34-25)11-10-14-20(18)28(6,7)27(4,5)15-9-8-12-30-21(14)15;1-2-6-10(7-3-1)11-8-4-5-9-12-11;/h8-9,11-12H,1-7H3;1-6,8-9H;/q2*-1;. The van der Waals surface area contributed by atoms with E-state index >= 15 is 0 Å². The molecular weight excluding hydrogens is 763 g/mol. The summed E-state index contributed by atoms with van der Waals surface area (Å²) in [6.07, 6.45) is 3.62. The second kappa shape index (κ2) is 11.5. The normalized spacial score (nSPS) is 14.4. The zero-order valence-electron chi connectivity index (χ0n) is 27.3. The van der Waals surface area contributed by atoms with Crippen LogP contribution in [0.4, 0.5) is 0 Å². The van der Waals surface area contributed by atoms with Gasteiger partial charge in [0.05, 0.1) is 11.0 Å². The number of hydrogen-bond donors (Lipinski definition) is 0. The summed E-state index contributed by atoms with van der Waals surface area (Å²) in [4.78, 5) is 18.4. The molecular formula is C39H33IrN5O2-2. The Morgan fingerprint density at radius 2 is 1.60 bits per heavy atom. The summed E-state index contributed by atoms with van der Waals surface area (Å²) in [6, 6.07) is 28.4. The average Bonchev–Trinajstić information content (AvgIpc) is 3.67. The van der Waals surface area contributed by atoms with Crippen molar-refractivity contribution in [2.24, 2.45) is 0 Å². The number of nitriles is 1. The summed E-state index contributed by atoms with van der Waals surface area (Å²) < 4.78 is 12.3. The molecule has 0 amide bonds. The van der Waals surface area contributed by atoms with Crippen molar-refractivity contribution in [1.29, 1.82) is 5.26 Å². The van der Waals surface area contributed by atoms with Gasteiger partial charge in [0.15, 0.2) is 11.3 Å². The first kappa shape index (κ1) is 32.2. The van der Waals surface area contributed by atoms with Gasteiger partial charge in [-0.3, -0.25) is 0 Å². The van der Waals surface area contributed by atoms with E-state index in [1.165, 1.54) is 5.56 Å². The van der Waals surface area contributed by atoms with Gasteiger partial charge >= 0.3 is 0 Å². The van der Waals surface area contributed by atoms with Gasteiger partial charge in [0.25, 0.3) is 0 Å². The van der Waals surface area contributed by atoms with Gasteiger partial charge in [0.2, 0.25) is 11.6 Å². The molecule has 8 heteroatoms. The third-order valence-corrected chi connectivity index (χ3v) is 9.36. The summed E-state index contributed by atoms with van der Waals surface area (Å²) in [7, 11) is 0. The van der Waals surface area contributed by atoms with Gasteiger partial charge in [-0.1, -0.05) is 72.2 Å². The number of oxazole rings is 1.